The van der Waals surface area contributed by atoms with E-state index in [9.17, 15) is 13.2 Å². The highest BCUT2D eigenvalue weighted by atomic mass is 19.2. The molecule has 1 aromatic carbocycles. The summed E-state index contributed by atoms with van der Waals surface area (Å²) in [5.74, 6) is -4.30. The Balaban J connectivity index is 3.13. The van der Waals surface area contributed by atoms with Gasteiger partial charge in [0, 0.05) is 0 Å². The zero-order chi connectivity index (χ0) is 10.0. The van der Waals surface area contributed by atoms with E-state index in [1.54, 1.807) is 6.92 Å². The lowest BCUT2D eigenvalue weighted by Gasteiger charge is -2.09. The molecule has 13 heavy (non-hydrogen) atoms. The summed E-state index contributed by atoms with van der Waals surface area (Å²) in [6, 6.07) is 1.85. The molecular weight excluding hydrogens is 176 g/mol. The normalized spacial score (nSPS) is 12.9. The molecule has 0 aliphatic carbocycles. The van der Waals surface area contributed by atoms with E-state index in [2.05, 4.69) is 0 Å². The van der Waals surface area contributed by atoms with E-state index in [1.807, 2.05) is 0 Å². The van der Waals surface area contributed by atoms with E-state index in [0.717, 1.165) is 12.1 Å². The van der Waals surface area contributed by atoms with Crippen LogP contribution in [0.1, 0.15) is 24.7 Å². The van der Waals surface area contributed by atoms with E-state index in [-0.39, 0.29) is 5.56 Å². The van der Waals surface area contributed by atoms with E-state index in [0.29, 0.717) is 6.42 Å². The maximum absolute atomic E-state index is 12.7. The Morgan fingerprint density at radius 1 is 1.23 bits per heavy atom. The second-order valence-corrected chi connectivity index (χ2v) is 2.81. The molecule has 0 saturated carbocycles. The highest BCUT2D eigenvalue weighted by molar-refractivity contribution is 6.12. The molecule has 2 radical (unpaired) electrons. The van der Waals surface area contributed by atoms with E-state index >= 15 is 0 Å². The van der Waals surface area contributed by atoms with E-state index in [4.69, 9.17) is 7.85 Å². The molecule has 0 fully saturated rings. The van der Waals surface area contributed by atoms with Gasteiger partial charge in [-0.15, -0.1) is 0 Å². The predicted molar refractivity (Wildman–Crippen MR) is 45.1 cm³/mol. The van der Waals surface area contributed by atoms with Gasteiger partial charge < -0.3 is 0 Å². The van der Waals surface area contributed by atoms with Gasteiger partial charge in [0.15, 0.2) is 17.5 Å². The molecule has 4 heteroatoms. The Morgan fingerprint density at radius 3 is 2.08 bits per heavy atom. The maximum Gasteiger partial charge on any atom is 0.194 e. The fourth-order valence-corrected chi connectivity index (χ4v) is 1.02. The lowest BCUT2D eigenvalue weighted by atomic mass is 9.79. The van der Waals surface area contributed by atoms with Crippen LogP contribution in [0.2, 0.25) is 0 Å². The van der Waals surface area contributed by atoms with Gasteiger partial charge in [0.25, 0.3) is 0 Å². The molecule has 0 aliphatic heterocycles. The van der Waals surface area contributed by atoms with Crippen LogP contribution in [0.5, 0.6) is 0 Å². The Kier molecular flexibility index (Phi) is 3.01. The van der Waals surface area contributed by atoms with Crippen LogP contribution in [-0.2, 0) is 0 Å². The molecule has 0 nitrogen and oxygen atoms in total. The van der Waals surface area contributed by atoms with Crippen LogP contribution < -0.4 is 0 Å². The Hall–Kier alpha value is -0.925. The first kappa shape index (κ1) is 10.2. The highest BCUT2D eigenvalue weighted by Crippen LogP contribution is 2.20. The predicted octanol–water partition coefficient (Wildman–Crippen LogP) is 2.72. The van der Waals surface area contributed by atoms with Crippen molar-refractivity contribution < 1.29 is 13.2 Å². The van der Waals surface area contributed by atoms with Gasteiger partial charge in [-0.2, -0.15) is 0 Å². The highest BCUT2D eigenvalue weighted by Gasteiger charge is 2.12. The summed E-state index contributed by atoms with van der Waals surface area (Å²) in [6.45, 7) is 1.78. The summed E-state index contributed by atoms with van der Waals surface area (Å²) in [5.41, 5.74) is 0.277. The van der Waals surface area contributed by atoms with Crippen LogP contribution >= 0.6 is 0 Å². The summed E-state index contributed by atoms with van der Waals surface area (Å²) in [4.78, 5) is 0. The number of hydrogen-bond acceptors (Lipinski definition) is 0. The van der Waals surface area contributed by atoms with Gasteiger partial charge >= 0.3 is 0 Å². The van der Waals surface area contributed by atoms with Crippen LogP contribution in [0.3, 0.4) is 0 Å². The van der Waals surface area contributed by atoms with Crippen molar-refractivity contribution >= 4 is 7.85 Å². The van der Waals surface area contributed by atoms with Gasteiger partial charge in [-0.25, -0.2) is 13.2 Å². The van der Waals surface area contributed by atoms with Crippen LogP contribution in [0.15, 0.2) is 12.1 Å². The lowest BCUT2D eigenvalue weighted by Crippen LogP contribution is -2.00. The fourth-order valence-electron chi connectivity index (χ4n) is 1.02. The van der Waals surface area contributed by atoms with Crippen LogP contribution in [0, 0.1) is 17.5 Å². The van der Waals surface area contributed by atoms with Crippen molar-refractivity contribution in [2.75, 3.05) is 0 Å². The second kappa shape index (κ2) is 3.86. The molecular formula is C9H8BF3. The zero-order valence-corrected chi connectivity index (χ0v) is 7.15. The first-order chi connectivity index (χ1) is 6.06. The molecule has 0 spiro atoms. The third-order valence-electron chi connectivity index (χ3n) is 1.87. The number of hydrogen-bond donors (Lipinski definition) is 0. The van der Waals surface area contributed by atoms with Gasteiger partial charge in [0.05, 0.1) is 7.85 Å². The molecule has 0 heterocycles. The first-order valence-corrected chi connectivity index (χ1v) is 3.96. The Morgan fingerprint density at radius 2 is 1.69 bits per heavy atom. The van der Waals surface area contributed by atoms with Gasteiger partial charge in [-0.1, -0.05) is 19.2 Å². The molecule has 0 aliphatic rings. The van der Waals surface area contributed by atoms with Gasteiger partial charge in [0.1, 0.15) is 0 Å². The molecule has 0 saturated heterocycles. The summed E-state index contributed by atoms with van der Waals surface area (Å²) < 4.78 is 37.8. The molecule has 68 valence electrons. The fraction of sp³-hybridized carbons (Fsp3) is 0.333. The van der Waals surface area contributed by atoms with E-state index in [1.165, 1.54) is 0 Å². The minimum atomic E-state index is -1.45. The summed E-state index contributed by atoms with van der Waals surface area (Å²) >= 11 is 0. The van der Waals surface area contributed by atoms with Gasteiger partial charge in [0.2, 0.25) is 0 Å². The SMILES string of the molecule is [B]C(CC)c1cc(F)c(F)c(F)c1. The van der Waals surface area contributed by atoms with Crippen molar-refractivity contribution in [2.45, 2.75) is 19.2 Å². The van der Waals surface area contributed by atoms with Crippen molar-refractivity contribution in [3.05, 3.63) is 35.1 Å². The minimum Gasteiger partial charge on any atom is -0.204 e. The third kappa shape index (κ3) is 2.05. The third-order valence-corrected chi connectivity index (χ3v) is 1.87. The zero-order valence-electron chi connectivity index (χ0n) is 7.15. The van der Waals surface area contributed by atoms with Crippen molar-refractivity contribution in [3.8, 4) is 0 Å². The van der Waals surface area contributed by atoms with Crippen molar-refractivity contribution in [1.82, 2.24) is 0 Å². The smallest absolute Gasteiger partial charge is 0.194 e. The molecule has 0 bridgehead atoms. The van der Waals surface area contributed by atoms with Crippen LogP contribution in [0.4, 0.5) is 13.2 Å². The minimum absolute atomic E-state index is 0.277. The summed E-state index contributed by atoms with van der Waals surface area (Å²) in [6.07, 6.45) is 0.546. The average molecular weight is 184 g/mol. The van der Waals surface area contributed by atoms with Crippen molar-refractivity contribution in [1.29, 1.82) is 0 Å². The van der Waals surface area contributed by atoms with Crippen molar-refractivity contribution in [2.24, 2.45) is 0 Å². The quantitative estimate of drug-likeness (QED) is 0.489. The largest absolute Gasteiger partial charge is 0.204 e. The molecule has 1 unspecified atom stereocenters. The number of halogens is 3. The van der Waals surface area contributed by atoms with Crippen LogP contribution in [-0.4, -0.2) is 7.85 Å². The molecule has 0 amide bonds. The molecule has 1 atom stereocenters. The monoisotopic (exact) mass is 184 g/mol. The van der Waals surface area contributed by atoms with E-state index < -0.39 is 23.3 Å². The molecule has 1 rings (SSSR count). The lowest BCUT2D eigenvalue weighted by molar-refractivity contribution is 0.445. The maximum atomic E-state index is 12.7. The molecule has 1 aromatic rings. The average Bonchev–Trinajstić information content (AvgIpc) is 2.12. The second-order valence-electron chi connectivity index (χ2n) is 2.81. The van der Waals surface area contributed by atoms with Gasteiger partial charge in [-0.3, -0.25) is 0 Å². The molecule has 0 aromatic heterocycles. The number of rotatable bonds is 2. The van der Waals surface area contributed by atoms with Crippen molar-refractivity contribution in [3.63, 3.8) is 0 Å². The first-order valence-electron chi connectivity index (χ1n) is 3.96. The molecule has 0 N–H and O–H groups in total. The number of benzene rings is 1. The van der Waals surface area contributed by atoms with Crippen LogP contribution in [0.25, 0.3) is 0 Å². The topological polar surface area (TPSA) is 0 Å². The summed E-state index contributed by atoms with van der Waals surface area (Å²) in [5, 5.41) is 0. The standard InChI is InChI=1S/C9H8BF3/c1-2-6(10)5-3-7(11)9(13)8(12)4-5/h3-4,6H,2H2,1H3. The Bertz CT molecular complexity index is 289. The Labute approximate surface area is 76.2 Å². The van der Waals surface area contributed by atoms with Gasteiger partial charge in [-0.05, 0) is 17.7 Å². The summed E-state index contributed by atoms with van der Waals surface area (Å²) in [7, 11) is 5.53.